The van der Waals surface area contributed by atoms with Crippen LogP contribution >= 0.6 is 0 Å². The van der Waals surface area contributed by atoms with Gasteiger partial charge in [-0.05, 0) is 25.0 Å². The number of anilines is 1. The lowest BCUT2D eigenvalue weighted by atomic mass is 9.98. The number of rotatable bonds is 6. The number of nitrogens with zero attached hydrogens (tertiary/aromatic N) is 1. The largest absolute Gasteiger partial charge is 0.326 e. The van der Waals surface area contributed by atoms with Crippen molar-refractivity contribution in [2.24, 2.45) is 5.92 Å². The van der Waals surface area contributed by atoms with E-state index in [1.165, 1.54) is 0 Å². The molecule has 0 spiro atoms. The van der Waals surface area contributed by atoms with Crippen LogP contribution in [0.15, 0.2) is 24.5 Å². The predicted molar refractivity (Wildman–Crippen MR) is 66.2 cm³/mol. The lowest BCUT2D eigenvalue weighted by Gasteiger charge is -2.14. The zero-order valence-corrected chi connectivity index (χ0v) is 10.1. The zero-order chi connectivity index (χ0) is 11.8. The van der Waals surface area contributed by atoms with Gasteiger partial charge < -0.3 is 5.32 Å². The average molecular weight is 220 g/mol. The Kier molecular flexibility index (Phi) is 5.54. The van der Waals surface area contributed by atoms with Crippen LogP contribution in [0.5, 0.6) is 0 Å². The number of aromatic nitrogens is 1. The second-order valence-electron chi connectivity index (χ2n) is 3.97. The molecule has 0 saturated carbocycles. The first kappa shape index (κ1) is 12.7. The highest BCUT2D eigenvalue weighted by molar-refractivity contribution is 5.92. The minimum atomic E-state index is 0.127. The Bertz CT molecular complexity index is 311. The van der Waals surface area contributed by atoms with Crippen molar-refractivity contribution < 1.29 is 4.79 Å². The van der Waals surface area contributed by atoms with Crippen molar-refractivity contribution in [2.45, 2.75) is 39.5 Å². The molecule has 1 rings (SSSR count). The first-order valence-corrected chi connectivity index (χ1v) is 5.98. The van der Waals surface area contributed by atoms with Crippen molar-refractivity contribution in [3.8, 4) is 0 Å². The summed E-state index contributed by atoms with van der Waals surface area (Å²) in [6.07, 6.45) is 7.49. The summed E-state index contributed by atoms with van der Waals surface area (Å²) in [5.41, 5.74) is 0.829. The number of amides is 1. The summed E-state index contributed by atoms with van der Waals surface area (Å²) in [7, 11) is 0. The zero-order valence-electron chi connectivity index (χ0n) is 10.1. The minimum Gasteiger partial charge on any atom is -0.326 e. The van der Waals surface area contributed by atoms with Gasteiger partial charge in [0, 0.05) is 24.0 Å². The summed E-state index contributed by atoms with van der Waals surface area (Å²) in [6, 6.07) is 3.62. The standard InChI is InChI=1S/C13H20N2O/c1-3-5-6-11(4-2)13(16)15-12-7-9-14-10-8-12/h7-11H,3-6H2,1-2H3,(H,14,15,16)/t11-/m0/s1. The lowest BCUT2D eigenvalue weighted by molar-refractivity contribution is -0.120. The van der Waals surface area contributed by atoms with Gasteiger partial charge >= 0.3 is 0 Å². The Labute approximate surface area is 97.3 Å². The van der Waals surface area contributed by atoms with E-state index in [1.807, 2.05) is 12.1 Å². The van der Waals surface area contributed by atoms with Crippen LogP contribution in [0.4, 0.5) is 5.69 Å². The van der Waals surface area contributed by atoms with E-state index in [0.717, 1.165) is 31.4 Å². The molecule has 0 radical (unpaired) electrons. The maximum atomic E-state index is 11.9. The van der Waals surface area contributed by atoms with Crippen molar-refractivity contribution in [2.75, 3.05) is 5.32 Å². The number of nitrogens with one attached hydrogen (secondary N) is 1. The van der Waals surface area contributed by atoms with Crippen LogP contribution in [-0.4, -0.2) is 10.9 Å². The predicted octanol–water partition coefficient (Wildman–Crippen LogP) is 3.24. The molecule has 1 amide bonds. The second kappa shape index (κ2) is 6.99. The van der Waals surface area contributed by atoms with Gasteiger partial charge in [-0.3, -0.25) is 9.78 Å². The van der Waals surface area contributed by atoms with E-state index < -0.39 is 0 Å². The molecule has 0 fully saturated rings. The van der Waals surface area contributed by atoms with Crippen molar-refractivity contribution in [1.29, 1.82) is 0 Å². The van der Waals surface area contributed by atoms with Gasteiger partial charge in [0.15, 0.2) is 0 Å². The van der Waals surface area contributed by atoms with Crippen LogP contribution in [0, 0.1) is 5.92 Å². The molecule has 1 N–H and O–H groups in total. The first-order valence-electron chi connectivity index (χ1n) is 5.98. The lowest BCUT2D eigenvalue weighted by Crippen LogP contribution is -2.22. The molecule has 3 heteroatoms. The third-order valence-corrected chi connectivity index (χ3v) is 2.72. The maximum Gasteiger partial charge on any atom is 0.227 e. The fourth-order valence-corrected chi connectivity index (χ4v) is 1.65. The van der Waals surface area contributed by atoms with E-state index >= 15 is 0 Å². The summed E-state index contributed by atoms with van der Waals surface area (Å²) in [5, 5.41) is 2.92. The number of carbonyl (C=O) groups is 1. The number of unbranched alkanes of at least 4 members (excludes halogenated alkanes) is 1. The first-order chi connectivity index (χ1) is 7.77. The van der Waals surface area contributed by atoms with Crippen LogP contribution in [0.2, 0.25) is 0 Å². The summed E-state index contributed by atoms with van der Waals surface area (Å²) in [5.74, 6) is 0.260. The number of pyridine rings is 1. The van der Waals surface area contributed by atoms with Gasteiger partial charge in [0.25, 0.3) is 0 Å². The van der Waals surface area contributed by atoms with Crippen LogP contribution < -0.4 is 5.32 Å². The highest BCUT2D eigenvalue weighted by atomic mass is 16.1. The smallest absolute Gasteiger partial charge is 0.227 e. The number of carbonyl (C=O) groups excluding carboxylic acids is 1. The molecule has 1 heterocycles. The summed E-state index contributed by atoms with van der Waals surface area (Å²) < 4.78 is 0. The highest BCUT2D eigenvalue weighted by Crippen LogP contribution is 2.15. The number of hydrogen-bond donors (Lipinski definition) is 1. The molecule has 0 aliphatic heterocycles. The molecule has 0 aliphatic rings. The fourth-order valence-electron chi connectivity index (χ4n) is 1.65. The van der Waals surface area contributed by atoms with Gasteiger partial charge in [0.05, 0.1) is 0 Å². The summed E-state index contributed by atoms with van der Waals surface area (Å²) in [6.45, 7) is 4.21. The van der Waals surface area contributed by atoms with Crippen molar-refractivity contribution in [3.63, 3.8) is 0 Å². The van der Waals surface area contributed by atoms with Crippen LogP contribution in [0.1, 0.15) is 39.5 Å². The molecule has 1 aromatic rings. The molecule has 88 valence electrons. The van der Waals surface area contributed by atoms with E-state index in [9.17, 15) is 4.79 Å². The molecule has 0 bridgehead atoms. The molecule has 0 aliphatic carbocycles. The quantitative estimate of drug-likeness (QED) is 0.799. The van der Waals surface area contributed by atoms with Crippen LogP contribution in [0.3, 0.4) is 0 Å². The molecule has 1 atom stereocenters. The van der Waals surface area contributed by atoms with E-state index in [-0.39, 0.29) is 11.8 Å². The maximum absolute atomic E-state index is 11.9. The fraction of sp³-hybridized carbons (Fsp3) is 0.538. The second-order valence-corrected chi connectivity index (χ2v) is 3.97. The highest BCUT2D eigenvalue weighted by Gasteiger charge is 2.15. The Morgan fingerprint density at radius 3 is 2.62 bits per heavy atom. The average Bonchev–Trinajstić information content (AvgIpc) is 2.31. The molecule has 1 aromatic heterocycles. The van der Waals surface area contributed by atoms with Crippen molar-refractivity contribution >= 4 is 11.6 Å². The molecule has 16 heavy (non-hydrogen) atoms. The van der Waals surface area contributed by atoms with Gasteiger partial charge in [0.2, 0.25) is 5.91 Å². The van der Waals surface area contributed by atoms with Gasteiger partial charge in [-0.2, -0.15) is 0 Å². The van der Waals surface area contributed by atoms with E-state index in [0.29, 0.717) is 0 Å². The third kappa shape index (κ3) is 4.01. The Balaban J connectivity index is 2.49. The van der Waals surface area contributed by atoms with Gasteiger partial charge in [-0.1, -0.05) is 26.7 Å². The summed E-state index contributed by atoms with van der Waals surface area (Å²) in [4.78, 5) is 15.8. The van der Waals surface area contributed by atoms with E-state index in [1.54, 1.807) is 12.4 Å². The Morgan fingerprint density at radius 2 is 2.06 bits per heavy atom. The van der Waals surface area contributed by atoms with Crippen LogP contribution in [0.25, 0.3) is 0 Å². The molecular formula is C13H20N2O. The van der Waals surface area contributed by atoms with Crippen molar-refractivity contribution in [1.82, 2.24) is 4.98 Å². The number of hydrogen-bond acceptors (Lipinski definition) is 2. The molecule has 3 nitrogen and oxygen atoms in total. The molecule has 0 saturated heterocycles. The summed E-state index contributed by atoms with van der Waals surface area (Å²) >= 11 is 0. The third-order valence-electron chi connectivity index (χ3n) is 2.72. The van der Waals surface area contributed by atoms with Gasteiger partial charge in [-0.15, -0.1) is 0 Å². The molecule has 0 aromatic carbocycles. The Hall–Kier alpha value is -1.38. The van der Waals surface area contributed by atoms with E-state index in [4.69, 9.17) is 0 Å². The monoisotopic (exact) mass is 220 g/mol. The molecule has 0 unspecified atom stereocenters. The SMILES string of the molecule is CCCC[C@H](CC)C(=O)Nc1ccncc1. The minimum absolute atomic E-state index is 0.127. The Morgan fingerprint density at radius 1 is 1.38 bits per heavy atom. The topological polar surface area (TPSA) is 42.0 Å². The van der Waals surface area contributed by atoms with Gasteiger partial charge in [-0.25, -0.2) is 0 Å². The normalized spacial score (nSPS) is 12.1. The molecular weight excluding hydrogens is 200 g/mol. The van der Waals surface area contributed by atoms with Crippen molar-refractivity contribution in [3.05, 3.63) is 24.5 Å². The van der Waals surface area contributed by atoms with E-state index in [2.05, 4.69) is 24.1 Å². The van der Waals surface area contributed by atoms with Gasteiger partial charge in [0.1, 0.15) is 0 Å². The van der Waals surface area contributed by atoms with Crippen LogP contribution in [-0.2, 0) is 4.79 Å².